The van der Waals surface area contributed by atoms with Crippen LogP contribution in [0.1, 0.15) is 48.0 Å². The highest BCUT2D eigenvalue weighted by atomic mass is 16.5. The van der Waals surface area contributed by atoms with E-state index in [-0.39, 0.29) is 17.9 Å². The van der Waals surface area contributed by atoms with E-state index in [0.29, 0.717) is 23.4 Å². The average Bonchev–Trinajstić information content (AvgIpc) is 2.97. The number of nitrogens with one attached hydrogen (secondary N) is 1. The highest BCUT2D eigenvalue weighted by Gasteiger charge is 2.33. The fraction of sp³-hybridized carbons (Fsp3) is 0.414. The third kappa shape index (κ3) is 12.9. The molecule has 0 amide bonds. The number of ether oxygens (including phenoxy) is 1. The second kappa shape index (κ2) is 18.2. The SMILES string of the molecule is CN(C)C1(CNCC(O)COc2ccc(C(=O)c3ccccc3)cc2)CCCCC1.O=C(O)C(=O)O.O=C(O)C(=O)O. The number of rotatable bonds is 10. The molecule has 0 radical (unpaired) electrons. The maximum Gasteiger partial charge on any atom is 0.414 e. The fourth-order valence-corrected chi connectivity index (χ4v) is 4.17. The lowest BCUT2D eigenvalue weighted by Crippen LogP contribution is -2.53. The molecule has 3 rings (SSSR count). The van der Waals surface area contributed by atoms with Crippen LogP contribution in [0.2, 0.25) is 0 Å². The van der Waals surface area contributed by atoms with Crippen molar-refractivity contribution >= 4 is 29.7 Å². The van der Waals surface area contributed by atoms with E-state index in [2.05, 4.69) is 24.3 Å². The van der Waals surface area contributed by atoms with E-state index in [0.717, 1.165) is 6.54 Å². The van der Waals surface area contributed by atoms with Gasteiger partial charge in [-0.2, -0.15) is 0 Å². The van der Waals surface area contributed by atoms with Gasteiger partial charge in [-0.1, -0.05) is 49.6 Å². The zero-order chi connectivity index (χ0) is 31.7. The second-order valence-corrected chi connectivity index (χ2v) is 9.72. The summed E-state index contributed by atoms with van der Waals surface area (Å²) in [5, 5.41) is 43.3. The van der Waals surface area contributed by atoms with Crippen LogP contribution >= 0.6 is 0 Å². The number of aliphatic hydroxyl groups excluding tert-OH is 1. The van der Waals surface area contributed by atoms with Crippen LogP contribution in [0.5, 0.6) is 5.75 Å². The van der Waals surface area contributed by atoms with Gasteiger partial charge in [0, 0.05) is 29.8 Å². The van der Waals surface area contributed by atoms with Crippen LogP contribution in [-0.2, 0) is 19.2 Å². The first-order valence-corrected chi connectivity index (χ1v) is 13.1. The van der Waals surface area contributed by atoms with Gasteiger partial charge in [-0.3, -0.25) is 4.79 Å². The van der Waals surface area contributed by atoms with Crippen LogP contribution in [0.15, 0.2) is 54.6 Å². The number of aliphatic carboxylic acids is 4. The Hall–Kier alpha value is -4.33. The number of likely N-dealkylation sites (N-methyl/N-ethyl adjacent to an activating group) is 1. The minimum absolute atomic E-state index is 0.0103. The number of hydrogen-bond acceptors (Lipinski definition) is 9. The number of carbonyl (C=O) groups excluding carboxylic acids is 1. The van der Waals surface area contributed by atoms with Crippen LogP contribution in [0.4, 0.5) is 0 Å². The Morgan fingerprint density at radius 3 is 1.71 bits per heavy atom. The summed E-state index contributed by atoms with van der Waals surface area (Å²) >= 11 is 0. The largest absolute Gasteiger partial charge is 0.491 e. The van der Waals surface area contributed by atoms with Gasteiger partial charge in [0.1, 0.15) is 18.5 Å². The molecule has 0 aromatic heterocycles. The molecule has 1 fully saturated rings. The normalized spacial score (nSPS) is 14.2. The van der Waals surface area contributed by atoms with Crippen LogP contribution < -0.4 is 10.1 Å². The average molecular weight is 591 g/mol. The lowest BCUT2D eigenvalue weighted by Gasteiger charge is -2.43. The van der Waals surface area contributed by atoms with Gasteiger partial charge >= 0.3 is 23.9 Å². The fourth-order valence-electron chi connectivity index (χ4n) is 4.17. The number of carbonyl (C=O) groups is 5. The molecule has 1 unspecified atom stereocenters. The Kier molecular flexibility index (Phi) is 15.4. The van der Waals surface area contributed by atoms with Crippen molar-refractivity contribution in [2.24, 2.45) is 0 Å². The summed E-state index contributed by atoms with van der Waals surface area (Å²) in [4.78, 5) is 51.2. The maximum absolute atomic E-state index is 12.5. The van der Waals surface area contributed by atoms with Crippen molar-refractivity contribution in [3.8, 4) is 5.75 Å². The molecule has 0 spiro atoms. The molecule has 1 aliphatic rings. The van der Waals surface area contributed by atoms with Crippen molar-refractivity contribution in [2.75, 3.05) is 33.8 Å². The van der Waals surface area contributed by atoms with Gasteiger partial charge in [0.2, 0.25) is 0 Å². The van der Waals surface area contributed by atoms with E-state index in [9.17, 15) is 9.90 Å². The molecule has 230 valence electrons. The number of hydrogen-bond donors (Lipinski definition) is 6. The first-order valence-electron chi connectivity index (χ1n) is 13.1. The van der Waals surface area contributed by atoms with Crippen molar-refractivity contribution in [2.45, 2.75) is 43.7 Å². The Labute approximate surface area is 243 Å². The third-order valence-corrected chi connectivity index (χ3v) is 6.53. The molecule has 0 bridgehead atoms. The van der Waals surface area contributed by atoms with Gasteiger partial charge in [-0.15, -0.1) is 0 Å². The van der Waals surface area contributed by atoms with Crippen LogP contribution in [-0.4, -0.2) is 106 Å². The molecule has 1 saturated carbocycles. The number of carboxylic acid groups (broad SMARTS) is 4. The molecular formula is C29H38N2O11. The minimum Gasteiger partial charge on any atom is -0.491 e. The van der Waals surface area contributed by atoms with Crippen molar-refractivity contribution < 1.29 is 54.2 Å². The quantitative estimate of drug-likeness (QED) is 0.172. The van der Waals surface area contributed by atoms with Crippen molar-refractivity contribution in [3.05, 3.63) is 65.7 Å². The predicted octanol–water partition coefficient (Wildman–Crippen LogP) is 1.82. The number of ketones is 1. The molecular weight excluding hydrogens is 552 g/mol. The summed E-state index contributed by atoms with van der Waals surface area (Å²) in [5.74, 6) is -6.66. The van der Waals surface area contributed by atoms with Gasteiger partial charge in [-0.05, 0) is 51.2 Å². The summed E-state index contributed by atoms with van der Waals surface area (Å²) in [6, 6.07) is 16.3. The first kappa shape index (κ1) is 35.7. The smallest absolute Gasteiger partial charge is 0.414 e. The molecule has 0 saturated heterocycles. The van der Waals surface area contributed by atoms with E-state index in [1.807, 2.05) is 30.3 Å². The van der Waals surface area contributed by atoms with E-state index in [4.69, 9.17) is 44.3 Å². The zero-order valence-electron chi connectivity index (χ0n) is 23.6. The number of aliphatic hydroxyl groups is 1. The molecule has 6 N–H and O–H groups in total. The molecule has 2 aromatic rings. The molecule has 42 heavy (non-hydrogen) atoms. The molecule has 13 heteroatoms. The highest BCUT2D eigenvalue weighted by Crippen LogP contribution is 2.31. The van der Waals surface area contributed by atoms with Gasteiger partial charge < -0.3 is 40.5 Å². The van der Waals surface area contributed by atoms with Gasteiger partial charge in [0.15, 0.2) is 5.78 Å². The molecule has 0 aliphatic heterocycles. The van der Waals surface area contributed by atoms with Crippen molar-refractivity contribution in [1.82, 2.24) is 10.2 Å². The van der Waals surface area contributed by atoms with Crippen molar-refractivity contribution in [1.29, 1.82) is 0 Å². The molecule has 1 atom stereocenters. The number of benzene rings is 2. The third-order valence-electron chi connectivity index (χ3n) is 6.53. The summed E-state index contributed by atoms with van der Waals surface area (Å²) in [7, 11) is 4.30. The second-order valence-electron chi connectivity index (χ2n) is 9.72. The monoisotopic (exact) mass is 590 g/mol. The molecule has 1 aliphatic carbocycles. The lowest BCUT2D eigenvalue weighted by molar-refractivity contribution is -0.159. The molecule has 0 heterocycles. The van der Waals surface area contributed by atoms with E-state index >= 15 is 0 Å². The van der Waals surface area contributed by atoms with Gasteiger partial charge in [-0.25, -0.2) is 19.2 Å². The first-order chi connectivity index (χ1) is 19.8. The van der Waals surface area contributed by atoms with Crippen molar-refractivity contribution in [3.63, 3.8) is 0 Å². The van der Waals surface area contributed by atoms with Crippen LogP contribution in [0.25, 0.3) is 0 Å². The minimum atomic E-state index is -1.82. The highest BCUT2D eigenvalue weighted by molar-refractivity contribution is 6.27. The Balaban J connectivity index is 0.000000618. The van der Waals surface area contributed by atoms with Crippen LogP contribution in [0.3, 0.4) is 0 Å². The Bertz CT molecular complexity index is 1110. The zero-order valence-corrected chi connectivity index (χ0v) is 23.6. The number of nitrogens with zero attached hydrogens (tertiary/aromatic N) is 1. The Morgan fingerprint density at radius 2 is 1.26 bits per heavy atom. The maximum atomic E-state index is 12.5. The van der Waals surface area contributed by atoms with E-state index in [1.165, 1.54) is 32.1 Å². The van der Waals surface area contributed by atoms with E-state index in [1.54, 1.807) is 24.3 Å². The lowest BCUT2D eigenvalue weighted by atomic mass is 9.80. The van der Waals surface area contributed by atoms with E-state index < -0.39 is 30.0 Å². The summed E-state index contributed by atoms with van der Waals surface area (Å²) in [5.41, 5.74) is 1.48. The van der Waals surface area contributed by atoms with Gasteiger partial charge in [0.25, 0.3) is 0 Å². The van der Waals surface area contributed by atoms with Gasteiger partial charge in [0.05, 0.1) is 0 Å². The molecule has 2 aromatic carbocycles. The topological polar surface area (TPSA) is 211 Å². The Morgan fingerprint density at radius 1 is 0.786 bits per heavy atom. The standard InChI is InChI=1S/C25H34N2O3.2C2H2O4/c1-27(2)25(15-7-4-8-16-25)19-26-17-22(28)18-30-23-13-11-21(12-14-23)24(29)20-9-5-3-6-10-20;2*3-1(4)2(5)6/h3,5-6,9-14,22,26,28H,4,7-8,15-19H2,1-2H3;2*(H,3,4)(H,5,6). The summed E-state index contributed by atoms with van der Waals surface area (Å²) in [6.07, 6.45) is 5.68. The number of carboxylic acids is 4. The summed E-state index contributed by atoms with van der Waals surface area (Å²) in [6.45, 7) is 1.60. The van der Waals surface area contributed by atoms with Crippen LogP contribution in [0, 0.1) is 0 Å². The summed E-state index contributed by atoms with van der Waals surface area (Å²) < 4.78 is 5.71. The molecule has 13 nitrogen and oxygen atoms in total. The predicted molar refractivity (Wildman–Crippen MR) is 151 cm³/mol.